The molecule has 0 atom stereocenters. The molecule has 0 saturated heterocycles. The van der Waals surface area contributed by atoms with Crippen molar-refractivity contribution < 1.29 is 18.7 Å². The first-order chi connectivity index (χ1) is 7.17. The molecule has 0 unspecified atom stereocenters. The third-order valence-corrected chi connectivity index (χ3v) is 1.76. The molecule has 0 fully saturated rings. The summed E-state index contributed by atoms with van der Waals surface area (Å²) in [5, 5.41) is 0. The largest absolute Gasteiger partial charge is 0.466 e. The summed E-state index contributed by atoms with van der Waals surface area (Å²) in [6.45, 7) is 0. The highest BCUT2D eigenvalue weighted by atomic mass is 19.1. The standard InChI is InChI=1S/C11H9FO3/c1-15-11(14)5-4-9-3-2-8(7-13)6-10(9)12/h2-7H,1H3. The van der Waals surface area contributed by atoms with Crippen molar-refractivity contribution >= 4 is 18.3 Å². The number of carbonyl (C=O) groups excluding carboxylic acids is 2. The number of methoxy groups -OCH3 is 1. The van der Waals surface area contributed by atoms with E-state index in [-0.39, 0.29) is 11.1 Å². The second-order valence-corrected chi connectivity index (χ2v) is 2.76. The van der Waals surface area contributed by atoms with E-state index in [9.17, 15) is 14.0 Å². The maximum atomic E-state index is 13.2. The minimum Gasteiger partial charge on any atom is -0.466 e. The first-order valence-corrected chi connectivity index (χ1v) is 4.18. The van der Waals surface area contributed by atoms with Crippen LogP contribution in [0.2, 0.25) is 0 Å². The minimum absolute atomic E-state index is 0.228. The van der Waals surface area contributed by atoms with Gasteiger partial charge in [-0.15, -0.1) is 0 Å². The summed E-state index contributed by atoms with van der Waals surface area (Å²) < 4.78 is 17.6. The Bertz CT molecular complexity index is 410. The first-order valence-electron chi connectivity index (χ1n) is 4.18. The third kappa shape index (κ3) is 3.02. The maximum Gasteiger partial charge on any atom is 0.330 e. The van der Waals surface area contributed by atoms with Crippen molar-refractivity contribution in [2.45, 2.75) is 0 Å². The van der Waals surface area contributed by atoms with Gasteiger partial charge >= 0.3 is 5.97 Å². The molecule has 0 spiro atoms. The van der Waals surface area contributed by atoms with Crippen LogP contribution in [0.5, 0.6) is 0 Å². The average molecular weight is 208 g/mol. The van der Waals surface area contributed by atoms with E-state index in [0.29, 0.717) is 6.29 Å². The molecule has 1 aromatic rings. The fraction of sp³-hybridized carbons (Fsp3) is 0.0909. The van der Waals surface area contributed by atoms with E-state index in [1.165, 1.54) is 25.3 Å². The number of ether oxygens (including phenoxy) is 1. The van der Waals surface area contributed by atoms with Crippen molar-refractivity contribution in [3.05, 3.63) is 41.2 Å². The molecule has 0 N–H and O–H groups in total. The molecule has 0 aliphatic rings. The Balaban J connectivity index is 2.91. The van der Waals surface area contributed by atoms with Crippen molar-refractivity contribution in [3.63, 3.8) is 0 Å². The molecule has 0 heterocycles. The van der Waals surface area contributed by atoms with Crippen molar-refractivity contribution in [2.24, 2.45) is 0 Å². The molecular formula is C11H9FO3. The summed E-state index contributed by atoms with van der Waals surface area (Å²) in [5.41, 5.74) is 0.480. The zero-order valence-corrected chi connectivity index (χ0v) is 8.07. The van der Waals surface area contributed by atoms with Crippen LogP contribution in [0.25, 0.3) is 6.08 Å². The molecule has 1 aromatic carbocycles. The van der Waals surface area contributed by atoms with Crippen LogP contribution in [0.1, 0.15) is 15.9 Å². The molecule has 0 aliphatic carbocycles. The molecule has 0 radical (unpaired) electrons. The number of esters is 1. The molecule has 78 valence electrons. The Morgan fingerprint density at radius 3 is 2.73 bits per heavy atom. The van der Waals surface area contributed by atoms with E-state index in [1.54, 1.807) is 0 Å². The minimum atomic E-state index is -0.561. The van der Waals surface area contributed by atoms with Crippen LogP contribution < -0.4 is 0 Å². The monoisotopic (exact) mass is 208 g/mol. The second-order valence-electron chi connectivity index (χ2n) is 2.76. The van der Waals surface area contributed by atoms with Crippen molar-refractivity contribution in [3.8, 4) is 0 Å². The van der Waals surface area contributed by atoms with Gasteiger partial charge in [0, 0.05) is 17.2 Å². The van der Waals surface area contributed by atoms with Crippen LogP contribution in [-0.2, 0) is 9.53 Å². The number of carbonyl (C=O) groups is 2. The number of rotatable bonds is 3. The molecule has 15 heavy (non-hydrogen) atoms. The summed E-state index contributed by atoms with van der Waals surface area (Å²) >= 11 is 0. The molecule has 0 amide bonds. The van der Waals surface area contributed by atoms with Gasteiger partial charge in [-0.25, -0.2) is 9.18 Å². The Hall–Kier alpha value is -1.97. The summed E-state index contributed by atoms with van der Waals surface area (Å²) in [7, 11) is 1.23. The predicted molar refractivity (Wildman–Crippen MR) is 52.8 cm³/mol. The van der Waals surface area contributed by atoms with Crippen LogP contribution in [0, 0.1) is 5.82 Å². The second kappa shape index (κ2) is 5.05. The average Bonchev–Trinajstić information content (AvgIpc) is 2.26. The van der Waals surface area contributed by atoms with Gasteiger partial charge in [-0.1, -0.05) is 12.1 Å². The van der Waals surface area contributed by atoms with Gasteiger partial charge in [-0.2, -0.15) is 0 Å². The van der Waals surface area contributed by atoms with E-state index < -0.39 is 11.8 Å². The van der Waals surface area contributed by atoms with Gasteiger partial charge < -0.3 is 4.74 Å². The highest BCUT2D eigenvalue weighted by Gasteiger charge is 2.00. The van der Waals surface area contributed by atoms with Crippen LogP contribution in [0.4, 0.5) is 4.39 Å². The molecule has 3 nitrogen and oxygen atoms in total. The number of halogens is 1. The molecule has 0 aromatic heterocycles. The lowest BCUT2D eigenvalue weighted by Crippen LogP contribution is -1.94. The summed E-state index contributed by atoms with van der Waals surface area (Å²) in [6, 6.07) is 3.98. The SMILES string of the molecule is COC(=O)C=Cc1ccc(C=O)cc1F. The normalized spacial score (nSPS) is 10.3. The van der Waals surface area contributed by atoms with Gasteiger partial charge in [-0.05, 0) is 12.1 Å². The zero-order chi connectivity index (χ0) is 11.3. The lowest BCUT2D eigenvalue weighted by atomic mass is 10.1. The quantitative estimate of drug-likeness (QED) is 0.432. The summed E-state index contributed by atoms with van der Waals surface area (Å²) in [4.78, 5) is 21.1. The van der Waals surface area contributed by atoms with E-state index in [4.69, 9.17) is 0 Å². The Kier molecular flexibility index (Phi) is 3.74. The number of hydrogen-bond acceptors (Lipinski definition) is 3. The van der Waals surface area contributed by atoms with E-state index in [2.05, 4.69) is 4.74 Å². The Morgan fingerprint density at radius 2 is 2.20 bits per heavy atom. The molecule has 0 saturated carbocycles. The summed E-state index contributed by atoms with van der Waals surface area (Å²) in [6.07, 6.45) is 2.95. The summed E-state index contributed by atoms with van der Waals surface area (Å²) in [5.74, 6) is -1.12. The number of aldehydes is 1. The van der Waals surface area contributed by atoms with Crippen molar-refractivity contribution in [1.82, 2.24) is 0 Å². The molecule has 4 heteroatoms. The maximum absolute atomic E-state index is 13.2. The molecular weight excluding hydrogens is 199 g/mol. The predicted octanol–water partition coefficient (Wildman–Crippen LogP) is 1.82. The van der Waals surface area contributed by atoms with E-state index in [0.717, 1.165) is 12.1 Å². The fourth-order valence-electron chi connectivity index (χ4n) is 0.978. The highest BCUT2D eigenvalue weighted by Crippen LogP contribution is 2.11. The van der Waals surface area contributed by atoms with E-state index in [1.807, 2.05) is 0 Å². The van der Waals surface area contributed by atoms with Gasteiger partial charge in [0.15, 0.2) is 0 Å². The van der Waals surface area contributed by atoms with Gasteiger partial charge in [0.1, 0.15) is 12.1 Å². The van der Waals surface area contributed by atoms with Gasteiger partial charge in [0.2, 0.25) is 0 Å². The van der Waals surface area contributed by atoms with Crippen molar-refractivity contribution in [1.29, 1.82) is 0 Å². The molecule has 0 bridgehead atoms. The van der Waals surface area contributed by atoms with Crippen molar-refractivity contribution in [2.75, 3.05) is 7.11 Å². The topological polar surface area (TPSA) is 43.4 Å². The molecule has 0 aliphatic heterocycles. The molecule has 1 rings (SSSR count). The lowest BCUT2D eigenvalue weighted by molar-refractivity contribution is -0.134. The lowest BCUT2D eigenvalue weighted by Gasteiger charge is -1.97. The first kappa shape index (κ1) is 11.1. The fourth-order valence-corrected chi connectivity index (χ4v) is 0.978. The Morgan fingerprint density at radius 1 is 1.47 bits per heavy atom. The highest BCUT2D eigenvalue weighted by molar-refractivity contribution is 5.87. The van der Waals surface area contributed by atoms with Gasteiger partial charge in [0.25, 0.3) is 0 Å². The van der Waals surface area contributed by atoms with Crippen LogP contribution >= 0.6 is 0 Å². The van der Waals surface area contributed by atoms with Crippen LogP contribution in [-0.4, -0.2) is 19.4 Å². The third-order valence-electron chi connectivity index (χ3n) is 1.76. The number of hydrogen-bond donors (Lipinski definition) is 0. The van der Waals surface area contributed by atoms with Crippen LogP contribution in [0.3, 0.4) is 0 Å². The zero-order valence-electron chi connectivity index (χ0n) is 8.07. The van der Waals surface area contributed by atoms with Gasteiger partial charge in [0.05, 0.1) is 7.11 Å². The number of benzene rings is 1. The van der Waals surface area contributed by atoms with Crippen LogP contribution in [0.15, 0.2) is 24.3 Å². The van der Waals surface area contributed by atoms with E-state index >= 15 is 0 Å². The smallest absolute Gasteiger partial charge is 0.330 e. The van der Waals surface area contributed by atoms with Gasteiger partial charge in [-0.3, -0.25) is 4.79 Å². The Labute approximate surface area is 86.2 Å².